The standard InChI is InChI=1S/C37H30O5.C2H7NO/c1-37(2,3)42-33-23-17-30(18-24-33)36(40)29-15-21-32(22-16-29)41-31-19-13-28(14-20-31)35(39)27-11-9-26(10-12-27)34(38)25-7-5-4-6-8-25;1-4-2-3/h4-24H,1-3H3;2-3H2,1H3. The fourth-order valence-corrected chi connectivity index (χ4v) is 4.38. The van der Waals surface area contributed by atoms with E-state index < -0.39 is 0 Å². The van der Waals surface area contributed by atoms with Gasteiger partial charge in [0.05, 0.1) is 6.73 Å². The smallest absolute Gasteiger partial charge is 0.193 e. The highest BCUT2D eigenvalue weighted by Crippen LogP contribution is 2.25. The second kappa shape index (κ2) is 15.6. The zero-order valence-corrected chi connectivity index (χ0v) is 26.4. The number of methoxy groups -OCH3 is 1. The van der Waals surface area contributed by atoms with Gasteiger partial charge in [-0.1, -0.05) is 54.6 Å². The van der Waals surface area contributed by atoms with Crippen molar-refractivity contribution in [2.75, 3.05) is 13.8 Å². The number of hydrogen-bond donors (Lipinski definition) is 1. The van der Waals surface area contributed by atoms with E-state index in [0.29, 0.717) is 57.4 Å². The van der Waals surface area contributed by atoms with Crippen molar-refractivity contribution in [3.8, 4) is 17.2 Å². The molecule has 234 valence electrons. The van der Waals surface area contributed by atoms with Crippen LogP contribution < -0.4 is 15.2 Å². The maximum Gasteiger partial charge on any atom is 0.193 e. The lowest BCUT2D eigenvalue weighted by Gasteiger charge is -2.21. The second-order valence-corrected chi connectivity index (χ2v) is 11.3. The summed E-state index contributed by atoms with van der Waals surface area (Å²) >= 11 is 0. The van der Waals surface area contributed by atoms with Crippen molar-refractivity contribution >= 4 is 17.3 Å². The molecule has 0 bridgehead atoms. The fraction of sp³-hybridized carbons (Fsp3) is 0.154. The van der Waals surface area contributed by atoms with Crippen LogP contribution in [-0.4, -0.2) is 36.8 Å². The molecule has 0 unspecified atom stereocenters. The molecule has 0 aliphatic carbocycles. The van der Waals surface area contributed by atoms with Gasteiger partial charge in [-0.05, 0) is 93.6 Å². The van der Waals surface area contributed by atoms with Crippen molar-refractivity contribution in [1.82, 2.24) is 0 Å². The summed E-state index contributed by atoms with van der Waals surface area (Å²) in [6, 6.07) is 36.6. The minimum Gasteiger partial charge on any atom is -0.488 e. The van der Waals surface area contributed by atoms with E-state index >= 15 is 0 Å². The van der Waals surface area contributed by atoms with Crippen LogP contribution in [0.25, 0.3) is 0 Å². The summed E-state index contributed by atoms with van der Waals surface area (Å²) in [5.41, 5.74) is 7.74. The highest BCUT2D eigenvalue weighted by Gasteiger charge is 2.15. The molecule has 0 heterocycles. The average molecular weight is 616 g/mol. The maximum absolute atomic E-state index is 13.0. The highest BCUT2D eigenvalue weighted by atomic mass is 16.5. The van der Waals surface area contributed by atoms with E-state index in [1.165, 1.54) is 0 Å². The molecule has 0 fully saturated rings. The van der Waals surface area contributed by atoms with Gasteiger partial charge in [-0.2, -0.15) is 0 Å². The molecule has 7 heteroatoms. The molecule has 0 aliphatic rings. The summed E-state index contributed by atoms with van der Waals surface area (Å²) in [6.45, 7) is 6.24. The zero-order valence-electron chi connectivity index (χ0n) is 26.4. The summed E-state index contributed by atoms with van der Waals surface area (Å²) in [7, 11) is 1.56. The Morgan fingerprint density at radius 1 is 0.500 bits per heavy atom. The molecule has 0 radical (unpaired) electrons. The molecule has 0 aliphatic heterocycles. The molecule has 2 N–H and O–H groups in total. The Bertz CT molecular complexity index is 1740. The Morgan fingerprint density at radius 3 is 1.09 bits per heavy atom. The first kappa shape index (κ1) is 33.5. The van der Waals surface area contributed by atoms with E-state index in [1.54, 1.807) is 116 Å². The maximum atomic E-state index is 13.0. The molecular formula is C39H37NO6. The summed E-state index contributed by atoms with van der Waals surface area (Å²) < 4.78 is 16.1. The number of ether oxygens (including phenoxy) is 3. The van der Waals surface area contributed by atoms with E-state index in [2.05, 4.69) is 4.74 Å². The van der Waals surface area contributed by atoms with Crippen LogP contribution in [0.2, 0.25) is 0 Å². The van der Waals surface area contributed by atoms with Crippen molar-refractivity contribution < 1.29 is 28.6 Å². The lowest BCUT2D eigenvalue weighted by atomic mass is 9.98. The van der Waals surface area contributed by atoms with Crippen LogP contribution in [0.4, 0.5) is 0 Å². The van der Waals surface area contributed by atoms with Gasteiger partial charge in [-0.3, -0.25) is 14.4 Å². The highest BCUT2D eigenvalue weighted by molar-refractivity contribution is 6.12. The second-order valence-electron chi connectivity index (χ2n) is 11.3. The van der Waals surface area contributed by atoms with Crippen molar-refractivity contribution in [3.05, 3.63) is 161 Å². The fourth-order valence-electron chi connectivity index (χ4n) is 4.38. The van der Waals surface area contributed by atoms with Crippen LogP contribution in [0.5, 0.6) is 17.2 Å². The van der Waals surface area contributed by atoms with E-state index in [9.17, 15) is 14.4 Å². The van der Waals surface area contributed by atoms with Gasteiger partial charge in [0.2, 0.25) is 0 Å². The third kappa shape index (κ3) is 9.32. The lowest BCUT2D eigenvalue weighted by Crippen LogP contribution is -2.22. The Kier molecular flexibility index (Phi) is 11.3. The summed E-state index contributed by atoms with van der Waals surface area (Å²) in [5.74, 6) is 1.50. The molecule has 5 aromatic rings. The first-order valence-electron chi connectivity index (χ1n) is 14.7. The minimum atomic E-state index is -0.310. The number of benzene rings is 5. The molecule has 46 heavy (non-hydrogen) atoms. The van der Waals surface area contributed by atoms with Gasteiger partial charge in [0.15, 0.2) is 17.3 Å². The zero-order chi connectivity index (χ0) is 33.1. The van der Waals surface area contributed by atoms with Gasteiger partial charge in [0, 0.05) is 40.5 Å². The number of hydrogen-bond acceptors (Lipinski definition) is 7. The first-order valence-corrected chi connectivity index (χ1v) is 14.7. The van der Waals surface area contributed by atoms with E-state index in [0.717, 1.165) is 0 Å². The number of ketones is 3. The van der Waals surface area contributed by atoms with Crippen LogP contribution in [0, 0.1) is 0 Å². The Balaban J connectivity index is 0.00000113. The van der Waals surface area contributed by atoms with Crippen molar-refractivity contribution in [1.29, 1.82) is 0 Å². The Hall–Kier alpha value is -5.37. The van der Waals surface area contributed by atoms with Gasteiger partial charge in [-0.15, -0.1) is 0 Å². The largest absolute Gasteiger partial charge is 0.488 e. The van der Waals surface area contributed by atoms with Crippen LogP contribution >= 0.6 is 0 Å². The quantitative estimate of drug-likeness (QED) is 0.126. The normalized spacial score (nSPS) is 10.7. The van der Waals surface area contributed by atoms with E-state index in [4.69, 9.17) is 15.2 Å². The molecular weight excluding hydrogens is 578 g/mol. The molecule has 0 saturated heterocycles. The Labute approximate surface area is 269 Å². The third-order valence-corrected chi connectivity index (χ3v) is 6.62. The van der Waals surface area contributed by atoms with Crippen molar-refractivity contribution in [3.63, 3.8) is 0 Å². The number of carbonyl (C=O) groups is 3. The van der Waals surface area contributed by atoms with Gasteiger partial charge in [0.25, 0.3) is 0 Å². The van der Waals surface area contributed by atoms with E-state index in [-0.39, 0.29) is 23.0 Å². The molecule has 0 spiro atoms. The molecule has 0 aromatic heterocycles. The first-order chi connectivity index (χ1) is 22.1. The third-order valence-electron chi connectivity index (χ3n) is 6.62. The minimum absolute atomic E-state index is 0.0890. The SMILES string of the molecule is CC(C)(C)Oc1ccc(C(=O)c2ccc(Oc3ccc(C(=O)c4ccc(C(=O)c5ccccc5)cc4)cc3)cc2)cc1.COCN. The summed E-state index contributed by atoms with van der Waals surface area (Å²) in [4.78, 5) is 38.5. The predicted octanol–water partition coefficient (Wildman–Crippen LogP) is 7.90. The topological polar surface area (TPSA) is 105 Å². The molecule has 5 rings (SSSR count). The average Bonchev–Trinajstić information content (AvgIpc) is 3.08. The Morgan fingerprint density at radius 2 is 0.783 bits per heavy atom. The molecule has 0 amide bonds. The number of nitrogens with two attached hydrogens (primary N) is 1. The summed E-state index contributed by atoms with van der Waals surface area (Å²) in [6.07, 6.45) is 0. The summed E-state index contributed by atoms with van der Waals surface area (Å²) in [5, 5.41) is 0. The van der Waals surface area contributed by atoms with Crippen LogP contribution in [0.15, 0.2) is 127 Å². The van der Waals surface area contributed by atoms with Crippen LogP contribution in [-0.2, 0) is 4.74 Å². The van der Waals surface area contributed by atoms with Crippen molar-refractivity contribution in [2.45, 2.75) is 26.4 Å². The van der Waals surface area contributed by atoms with Gasteiger partial charge >= 0.3 is 0 Å². The lowest BCUT2D eigenvalue weighted by molar-refractivity contribution is 0.102. The van der Waals surface area contributed by atoms with Gasteiger partial charge in [0.1, 0.15) is 22.8 Å². The number of rotatable bonds is 10. The van der Waals surface area contributed by atoms with Crippen LogP contribution in [0.1, 0.15) is 68.5 Å². The molecule has 7 nitrogen and oxygen atoms in total. The van der Waals surface area contributed by atoms with Crippen LogP contribution in [0.3, 0.4) is 0 Å². The van der Waals surface area contributed by atoms with Gasteiger partial charge in [-0.25, -0.2) is 0 Å². The van der Waals surface area contributed by atoms with Crippen molar-refractivity contribution in [2.24, 2.45) is 5.73 Å². The monoisotopic (exact) mass is 615 g/mol. The molecule has 5 aromatic carbocycles. The van der Waals surface area contributed by atoms with E-state index in [1.807, 2.05) is 39.0 Å². The molecule has 0 saturated carbocycles. The number of carbonyl (C=O) groups excluding carboxylic acids is 3. The van der Waals surface area contributed by atoms with Gasteiger partial charge < -0.3 is 19.9 Å². The predicted molar refractivity (Wildman–Crippen MR) is 179 cm³/mol. The molecule has 0 atom stereocenters.